The number of alkyl carbamates (subject to hydrolysis) is 2. The van der Waals surface area contributed by atoms with Crippen molar-refractivity contribution in [1.29, 1.82) is 0 Å². The molecule has 8 rings (SSSR count). The highest BCUT2D eigenvalue weighted by Gasteiger charge is 2.38. The molecule has 5 atom stereocenters. The summed E-state index contributed by atoms with van der Waals surface area (Å²) in [6, 6.07) is 22.6. The fourth-order valence-electron chi connectivity index (χ4n) is 10.1. The second-order valence-corrected chi connectivity index (χ2v) is 18.7. The predicted molar refractivity (Wildman–Crippen MR) is 272 cm³/mol. The molecular weight excluding hydrogens is 869 g/mol. The Hall–Kier alpha value is -7.29. The summed E-state index contributed by atoms with van der Waals surface area (Å²) < 4.78 is 9.72. The number of ether oxygens (including phenoxy) is 2. The molecule has 5 N–H and O–H groups in total. The minimum absolute atomic E-state index is 0.0192. The van der Waals surface area contributed by atoms with Gasteiger partial charge in [-0.2, -0.15) is 0 Å². The van der Waals surface area contributed by atoms with E-state index in [4.69, 9.17) is 19.4 Å². The molecular formula is C54H66N10O5. The number of amides is 3. The number of imidazole rings is 2. The molecule has 0 spiro atoms. The first-order chi connectivity index (χ1) is 33.3. The van der Waals surface area contributed by atoms with Crippen molar-refractivity contribution < 1.29 is 23.9 Å². The average Bonchev–Trinajstić information content (AvgIpc) is 4.23. The zero-order chi connectivity index (χ0) is 48.9. The Morgan fingerprint density at radius 2 is 1.28 bits per heavy atom. The molecule has 69 heavy (non-hydrogen) atoms. The number of likely N-dealkylation sites (tertiary alicyclic amines) is 2. The van der Waals surface area contributed by atoms with Crippen LogP contribution < -0.4 is 20.9 Å². The van der Waals surface area contributed by atoms with Gasteiger partial charge in [-0.25, -0.2) is 19.6 Å². The first-order valence-corrected chi connectivity index (χ1v) is 24.0. The maximum Gasteiger partial charge on any atom is 0.407 e. The number of anilines is 2. The van der Waals surface area contributed by atoms with Crippen molar-refractivity contribution in [2.24, 2.45) is 11.8 Å². The number of H-pyrrole nitrogens is 2. The van der Waals surface area contributed by atoms with E-state index < -0.39 is 18.2 Å². The van der Waals surface area contributed by atoms with E-state index in [1.165, 1.54) is 19.8 Å². The van der Waals surface area contributed by atoms with Crippen LogP contribution in [-0.4, -0.2) is 94.3 Å². The summed E-state index contributed by atoms with van der Waals surface area (Å²) in [5, 5.41) is 9.06. The fourth-order valence-corrected chi connectivity index (χ4v) is 10.1. The van der Waals surface area contributed by atoms with Gasteiger partial charge in [0, 0.05) is 42.9 Å². The quantitative estimate of drug-likeness (QED) is 0.0641. The van der Waals surface area contributed by atoms with Gasteiger partial charge in [0.2, 0.25) is 5.91 Å². The van der Waals surface area contributed by atoms with E-state index in [1.807, 2.05) is 44.3 Å². The molecule has 2 saturated heterocycles. The van der Waals surface area contributed by atoms with Crippen molar-refractivity contribution in [3.05, 3.63) is 132 Å². The van der Waals surface area contributed by atoms with Crippen molar-refractivity contribution in [3.63, 3.8) is 0 Å². The van der Waals surface area contributed by atoms with Crippen molar-refractivity contribution in [2.45, 2.75) is 90.0 Å². The highest BCUT2D eigenvalue weighted by Crippen LogP contribution is 2.45. The lowest BCUT2D eigenvalue weighted by Gasteiger charge is -2.34. The van der Waals surface area contributed by atoms with Crippen molar-refractivity contribution in [3.8, 4) is 22.5 Å². The van der Waals surface area contributed by atoms with Crippen molar-refractivity contribution in [1.82, 2.24) is 40.4 Å². The Morgan fingerprint density at radius 1 is 0.739 bits per heavy atom. The lowest BCUT2D eigenvalue weighted by molar-refractivity contribution is -0.135. The molecule has 0 saturated carbocycles. The Bertz CT molecular complexity index is 2680. The number of aromatic nitrogens is 4. The fraction of sp³-hybridized carbons (Fsp3) is 0.389. The van der Waals surface area contributed by atoms with Gasteiger partial charge in [0.25, 0.3) is 0 Å². The second kappa shape index (κ2) is 20.9. The van der Waals surface area contributed by atoms with Crippen molar-refractivity contribution in [2.75, 3.05) is 44.6 Å². The van der Waals surface area contributed by atoms with Crippen LogP contribution in [0.1, 0.15) is 106 Å². The van der Waals surface area contributed by atoms with Gasteiger partial charge in [-0.15, -0.1) is 0 Å². The van der Waals surface area contributed by atoms with E-state index in [0.29, 0.717) is 6.54 Å². The largest absolute Gasteiger partial charge is 0.453 e. The van der Waals surface area contributed by atoms with Gasteiger partial charge in [-0.1, -0.05) is 108 Å². The van der Waals surface area contributed by atoms with Gasteiger partial charge in [-0.3, -0.25) is 4.79 Å². The number of nitrogens with zero attached hydrogens (tertiary/aromatic N) is 5. The summed E-state index contributed by atoms with van der Waals surface area (Å²) in [7, 11) is 4.61. The highest BCUT2D eigenvalue weighted by atomic mass is 16.5. The van der Waals surface area contributed by atoms with Crippen LogP contribution in [-0.2, 0) is 14.3 Å². The molecule has 15 heteroatoms. The summed E-state index contributed by atoms with van der Waals surface area (Å²) in [6.07, 6.45) is 11.2. The normalized spacial score (nSPS) is 18.8. The smallest absolute Gasteiger partial charge is 0.407 e. The summed E-state index contributed by atoms with van der Waals surface area (Å²) in [6.45, 7) is 17.8. The number of carbonyl (C=O) groups is 3. The number of methoxy groups -OCH3 is 2. The van der Waals surface area contributed by atoms with E-state index in [1.54, 1.807) is 0 Å². The van der Waals surface area contributed by atoms with E-state index in [9.17, 15) is 14.4 Å². The monoisotopic (exact) mass is 935 g/mol. The zero-order valence-electron chi connectivity index (χ0n) is 40.8. The number of rotatable bonds is 16. The standard InChI is InChI=1S/C54H66N10O5/c1-10-35-23-24-40(29-41(35)55-7)64-44(38-19-15-36(16-20-38)42-30-56-50(58-42)46-13-11-27-62(46)34(6)48(32(2)3)60-53(66)68-8)25-26-45(64)39-21-17-37(18-22-39)43-31-57-51(59-43)47-14-12-28-63(47)52(65)49(33(4)5)61-54(67)69-9/h10,15-24,26,29-33,44,46-49,55H,1,6,11-14,25,27-28H2,2-5,7-9H3,(H,56,58)(H,57,59)(H,60,66)(H,61,67)/t44?,46-,47?,48-,49?/m0/s1. The molecule has 2 fully saturated rings. The number of nitrogens with one attached hydrogen (secondary N) is 5. The minimum Gasteiger partial charge on any atom is -0.453 e. The topological polar surface area (TPSA) is 173 Å². The molecule has 3 amide bonds. The maximum absolute atomic E-state index is 13.8. The highest BCUT2D eigenvalue weighted by molar-refractivity contribution is 5.87. The molecule has 5 heterocycles. The van der Waals surface area contributed by atoms with Crippen LogP contribution in [0.4, 0.5) is 21.0 Å². The Labute approximate surface area is 405 Å². The number of benzene rings is 3. The first-order valence-electron chi connectivity index (χ1n) is 24.0. The van der Waals surface area contributed by atoms with Gasteiger partial charge < -0.3 is 50.1 Å². The zero-order valence-corrected chi connectivity index (χ0v) is 40.8. The summed E-state index contributed by atoms with van der Waals surface area (Å²) in [5.74, 6) is 1.48. The van der Waals surface area contributed by atoms with Crippen LogP contribution in [0, 0.1) is 11.8 Å². The van der Waals surface area contributed by atoms with E-state index >= 15 is 0 Å². The van der Waals surface area contributed by atoms with E-state index in [0.717, 1.165) is 107 Å². The van der Waals surface area contributed by atoms with E-state index in [2.05, 4.69) is 136 Å². The Morgan fingerprint density at radius 3 is 1.83 bits per heavy atom. The summed E-state index contributed by atoms with van der Waals surface area (Å²) in [5.41, 5.74) is 11.1. The third-order valence-corrected chi connectivity index (χ3v) is 13.9. The maximum atomic E-state index is 13.8. The van der Waals surface area contributed by atoms with Gasteiger partial charge in [0.05, 0.1) is 62.2 Å². The molecule has 3 unspecified atom stereocenters. The van der Waals surface area contributed by atoms with Crippen molar-refractivity contribution >= 4 is 41.2 Å². The van der Waals surface area contributed by atoms with Crippen LogP contribution in [0.5, 0.6) is 0 Å². The number of carbonyl (C=O) groups excluding carboxylic acids is 3. The van der Waals surface area contributed by atoms with Crippen LogP contribution in [0.3, 0.4) is 0 Å². The third kappa shape index (κ3) is 9.99. The molecule has 15 nitrogen and oxygen atoms in total. The molecule has 0 bridgehead atoms. The molecule has 0 radical (unpaired) electrons. The molecule has 362 valence electrons. The summed E-state index contributed by atoms with van der Waals surface area (Å²) >= 11 is 0. The second-order valence-electron chi connectivity index (χ2n) is 18.7. The summed E-state index contributed by atoms with van der Waals surface area (Å²) in [4.78, 5) is 61.4. The third-order valence-electron chi connectivity index (χ3n) is 13.9. The lowest BCUT2D eigenvalue weighted by Crippen LogP contribution is -2.51. The molecule has 5 aromatic rings. The number of hydrogen-bond acceptors (Lipinski definition) is 10. The van der Waals surface area contributed by atoms with Crippen LogP contribution >= 0.6 is 0 Å². The van der Waals surface area contributed by atoms with Gasteiger partial charge in [-0.05, 0) is 83.9 Å². The van der Waals surface area contributed by atoms with E-state index in [-0.39, 0.29) is 41.9 Å². The Balaban J connectivity index is 1.01. The van der Waals surface area contributed by atoms with Gasteiger partial charge in [0.1, 0.15) is 17.7 Å². The minimum atomic E-state index is -0.700. The van der Waals surface area contributed by atoms with Crippen LogP contribution in [0.15, 0.2) is 104 Å². The molecule has 3 aromatic carbocycles. The molecule has 3 aliphatic rings. The molecule has 0 aliphatic carbocycles. The number of hydrogen-bond donors (Lipinski definition) is 5. The average molecular weight is 935 g/mol. The SMILES string of the molecule is C=Cc1ccc(N2C(c3ccc(-c4cnc(C5CCCN5C(=O)C(NC(=O)OC)C(C)C)[nH]4)cc3)=CCC2c2ccc(-c3cnc([C@@H]4CCCN4C(=C)[C@@H](NC(=O)OC)C(C)C)[nH]3)cc2)cc1NC. The van der Waals surface area contributed by atoms with Crippen LogP contribution in [0.2, 0.25) is 0 Å². The van der Waals surface area contributed by atoms with Gasteiger partial charge in [0.15, 0.2) is 0 Å². The number of aromatic amines is 2. The lowest BCUT2D eigenvalue weighted by atomic mass is 10.00. The first kappa shape index (κ1) is 48.2. The predicted octanol–water partition coefficient (Wildman–Crippen LogP) is 10.2. The van der Waals surface area contributed by atoms with Crippen LogP contribution in [0.25, 0.3) is 34.3 Å². The Kier molecular flexibility index (Phi) is 14.6. The van der Waals surface area contributed by atoms with Gasteiger partial charge >= 0.3 is 12.2 Å². The molecule has 2 aromatic heterocycles. The molecule has 3 aliphatic heterocycles.